The van der Waals surface area contributed by atoms with Crippen molar-refractivity contribution in [3.63, 3.8) is 0 Å². The molecule has 0 aliphatic heterocycles. The maximum absolute atomic E-state index is 5.38. The van der Waals surface area contributed by atoms with Gasteiger partial charge in [-0.1, -0.05) is 6.92 Å². The first-order valence-corrected chi connectivity index (χ1v) is 7.88. The second kappa shape index (κ2) is 8.78. The third kappa shape index (κ3) is 4.36. The topological polar surface area (TPSA) is 30.5 Å². The third-order valence-electron chi connectivity index (χ3n) is 3.22. The fourth-order valence-electron chi connectivity index (χ4n) is 1.99. The summed E-state index contributed by atoms with van der Waals surface area (Å²) in [7, 11) is 3.31. The molecule has 1 aromatic carbocycles. The number of methoxy groups -OCH3 is 2. The predicted molar refractivity (Wildman–Crippen MR) is 85.7 cm³/mol. The van der Waals surface area contributed by atoms with Gasteiger partial charge in [-0.15, -0.1) is 24.1 Å². The van der Waals surface area contributed by atoms with E-state index in [1.54, 1.807) is 26.0 Å². The van der Waals surface area contributed by atoms with Crippen LogP contribution in [0, 0.1) is 12.3 Å². The summed E-state index contributed by atoms with van der Waals surface area (Å²) in [6.07, 6.45) is 9.21. The van der Waals surface area contributed by atoms with Gasteiger partial charge < -0.3 is 14.8 Å². The number of hydrogen-bond donors (Lipinski definition) is 1. The summed E-state index contributed by atoms with van der Waals surface area (Å²) in [5, 5.41) is 3.50. The van der Waals surface area contributed by atoms with Crippen LogP contribution in [0.5, 0.6) is 11.5 Å². The fourth-order valence-corrected chi connectivity index (χ4v) is 2.61. The first-order valence-electron chi connectivity index (χ1n) is 6.65. The van der Waals surface area contributed by atoms with Crippen LogP contribution in [0.3, 0.4) is 0 Å². The van der Waals surface area contributed by atoms with Crippen LogP contribution in [0.1, 0.15) is 25.3 Å². The first kappa shape index (κ1) is 16.7. The van der Waals surface area contributed by atoms with Crippen molar-refractivity contribution < 1.29 is 9.47 Å². The molecular formula is C16H23NO2S. The summed E-state index contributed by atoms with van der Waals surface area (Å²) in [5.41, 5.74) is 1.20. The summed E-state index contributed by atoms with van der Waals surface area (Å²) in [4.78, 5) is 1.19. The lowest BCUT2D eigenvalue weighted by Crippen LogP contribution is -2.27. The predicted octanol–water partition coefficient (Wildman–Crippen LogP) is 3.32. The third-order valence-corrected chi connectivity index (χ3v) is 4.04. The fraction of sp³-hybridized carbons (Fsp3) is 0.500. The molecule has 1 unspecified atom stereocenters. The number of terminal acetylenes is 1. The van der Waals surface area contributed by atoms with Gasteiger partial charge in [0.15, 0.2) is 11.5 Å². The highest BCUT2D eigenvalue weighted by Gasteiger charge is 2.12. The molecule has 1 N–H and O–H groups in total. The molecule has 20 heavy (non-hydrogen) atoms. The highest BCUT2D eigenvalue weighted by molar-refractivity contribution is 7.98. The Hall–Kier alpha value is -1.31. The summed E-state index contributed by atoms with van der Waals surface area (Å²) < 4.78 is 10.7. The van der Waals surface area contributed by atoms with E-state index < -0.39 is 0 Å². The van der Waals surface area contributed by atoms with E-state index in [0.717, 1.165) is 30.9 Å². The molecule has 0 amide bonds. The molecule has 0 radical (unpaired) electrons. The Bertz CT molecular complexity index is 468. The number of ether oxygens (including phenoxy) is 2. The number of hydrogen-bond acceptors (Lipinski definition) is 4. The molecule has 110 valence electrons. The maximum Gasteiger partial charge on any atom is 0.161 e. The molecule has 1 rings (SSSR count). The monoisotopic (exact) mass is 293 g/mol. The van der Waals surface area contributed by atoms with Crippen LogP contribution in [0.15, 0.2) is 17.0 Å². The van der Waals surface area contributed by atoms with Gasteiger partial charge in [0.25, 0.3) is 0 Å². The average Bonchev–Trinajstić information content (AvgIpc) is 2.50. The molecule has 0 heterocycles. The first-order chi connectivity index (χ1) is 9.69. The van der Waals surface area contributed by atoms with Crippen LogP contribution in [0.25, 0.3) is 0 Å². The minimum absolute atomic E-state index is 0.350. The Morgan fingerprint density at radius 1 is 1.30 bits per heavy atom. The largest absolute Gasteiger partial charge is 0.493 e. The lowest BCUT2D eigenvalue weighted by molar-refractivity contribution is 0.353. The highest BCUT2D eigenvalue weighted by atomic mass is 32.2. The average molecular weight is 293 g/mol. The van der Waals surface area contributed by atoms with Gasteiger partial charge in [-0.05, 0) is 30.4 Å². The normalized spacial score (nSPS) is 11.8. The molecule has 0 aromatic heterocycles. The van der Waals surface area contributed by atoms with Crippen molar-refractivity contribution in [1.82, 2.24) is 5.32 Å². The molecule has 3 nitrogen and oxygen atoms in total. The SMILES string of the molecule is C#CCC(CC)NCc1cc(OC)c(OC)cc1SC. The minimum Gasteiger partial charge on any atom is -0.493 e. The number of nitrogens with one attached hydrogen (secondary N) is 1. The van der Waals surface area contributed by atoms with E-state index in [2.05, 4.69) is 24.4 Å². The van der Waals surface area contributed by atoms with Crippen LogP contribution in [0.2, 0.25) is 0 Å². The van der Waals surface area contributed by atoms with E-state index >= 15 is 0 Å². The van der Waals surface area contributed by atoms with E-state index in [-0.39, 0.29) is 0 Å². The molecule has 1 atom stereocenters. The molecule has 0 bridgehead atoms. The van der Waals surface area contributed by atoms with Gasteiger partial charge in [0.05, 0.1) is 14.2 Å². The van der Waals surface area contributed by atoms with Crippen molar-refractivity contribution in [2.24, 2.45) is 0 Å². The Kier molecular flexibility index (Phi) is 7.35. The Morgan fingerprint density at radius 3 is 2.45 bits per heavy atom. The Morgan fingerprint density at radius 2 is 1.95 bits per heavy atom. The van der Waals surface area contributed by atoms with Crippen LogP contribution < -0.4 is 14.8 Å². The molecule has 0 aliphatic rings. The van der Waals surface area contributed by atoms with Crippen LogP contribution >= 0.6 is 11.8 Å². The van der Waals surface area contributed by atoms with Crippen molar-refractivity contribution in [1.29, 1.82) is 0 Å². The van der Waals surface area contributed by atoms with Gasteiger partial charge in [0, 0.05) is 23.9 Å². The molecule has 0 aliphatic carbocycles. The number of thioether (sulfide) groups is 1. The van der Waals surface area contributed by atoms with Crippen molar-refractivity contribution in [3.8, 4) is 23.8 Å². The molecule has 0 saturated heterocycles. The minimum atomic E-state index is 0.350. The van der Waals surface area contributed by atoms with E-state index in [0.29, 0.717) is 6.04 Å². The van der Waals surface area contributed by atoms with Crippen LogP contribution in [-0.4, -0.2) is 26.5 Å². The van der Waals surface area contributed by atoms with Gasteiger partial charge in [-0.25, -0.2) is 0 Å². The zero-order chi connectivity index (χ0) is 15.0. The summed E-state index contributed by atoms with van der Waals surface area (Å²) in [6.45, 7) is 2.91. The van der Waals surface area contributed by atoms with Crippen molar-refractivity contribution in [3.05, 3.63) is 17.7 Å². The second-order valence-electron chi connectivity index (χ2n) is 4.41. The zero-order valence-corrected chi connectivity index (χ0v) is 13.5. The van der Waals surface area contributed by atoms with Crippen molar-refractivity contribution in [2.45, 2.75) is 37.2 Å². The molecule has 4 heteroatoms. The van der Waals surface area contributed by atoms with E-state index in [1.807, 2.05) is 12.1 Å². The molecule has 0 fully saturated rings. The van der Waals surface area contributed by atoms with Crippen molar-refractivity contribution >= 4 is 11.8 Å². The number of rotatable bonds is 8. The van der Waals surface area contributed by atoms with Gasteiger partial charge in [-0.2, -0.15) is 0 Å². The summed E-state index contributed by atoms with van der Waals surface area (Å²) >= 11 is 1.70. The second-order valence-corrected chi connectivity index (χ2v) is 5.26. The smallest absolute Gasteiger partial charge is 0.161 e. The summed E-state index contributed by atoms with van der Waals surface area (Å²) in [5.74, 6) is 4.23. The molecule has 1 aromatic rings. The van der Waals surface area contributed by atoms with Gasteiger partial charge in [0.1, 0.15) is 0 Å². The van der Waals surface area contributed by atoms with Crippen molar-refractivity contribution in [2.75, 3.05) is 20.5 Å². The van der Waals surface area contributed by atoms with E-state index in [9.17, 15) is 0 Å². The molecule has 0 saturated carbocycles. The highest BCUT2D eigenvalue weighted by Crippen LogP contribution is 2.34. The summed E-state index contributed by atoms with van der Waals surface area (Å²) in [6, 6.07) is 4.39. The van der Waals surface area contributed by atoms with E-state index in [1.165, 1.54) is 10.5 Å². The Labute approximate surface area is 126 Å². The van der Waals surface area contributed by atoms with Crippen LogP contribution in [-0.2, 0) is 6.54 Å². The Balaban J connectivity index is 2.90. The quantitative estimate of drug-likeness (QED) is 0.588. The standard InChI is InChI=1S/C16H23NO2S/c1-6-8-13(7-2)17-11-12-9-14(18-3)15(19-4)10-16(12)20-5/h1,9-10,13,17H,7-8,11H2,2-5H3. The van der Waals surface area contributed by atoms with Gasteiger partial charge in [0.2, 0.25) is 0 Å². The molecule has 0 spiro atoms. The van der Waals surface area contributed by atoms with Gasteiger partial charge >= 0.3 is 0 Å². The molecular weight excluding hydrogens is 270 g/mol. The lowest BCUT2D eigenvalue weighted by Gasteiger charge is -2.17. The lowest BCUT2D eigenvalue weighted by atomic mass is 10.1. The van der Waals surface area contributed by atoms with E-state index in [4.69, 9.17) is 15.9 Å². The maximum atomic E-state index is 5.38. The van der Waals surface area contributed by atoms with Gasteiger partial charge in [-0.3, -0.25) is 0 Å². The van der Waals surface area contributed by atoms with Crippen LogP contribution in [0.4, 0.5) is 0 Å². The zero-order valence-electron chi connectivity index (χ0n) is 12.7. The number of benzene rings is 1.